The second-order valence-electron chi connectivity index (χ2n) is 8.36. The molecule has 0 spiro atoms. The van der Waals surface area contributed by atoms with Gasteiger partial charge in [-0.25, -0.2) is 9.78 Å². The number of rotatable bonds is 10. The maximum absolute atomic E-state index is 13.1. The number of carbonyl (C=O) groups is 2. The fraction of sp³-hybridized carbons (Fsp3) is 0.750. The molecule has 0 atom stereocenters. The summed E-state index contributed by atoms with van der Waals surface area (Å²) in [5.41, 5.74) is 0.606. The lowest BCUT2D eigenvalue weighted by atomic mass is 10.1. The van der Waals surface area contributed by atoms with Crippen LogP contribution in [0.4, 0.5) is 9.93 Å². The Morgan fingerprint density at radius 1 is 1.00 bits per heavy atom. The summed E-state index contributed by atoms with van der Waals surface area (Å²) in [7, 11) is 0. The van der Waals surface area contributed by atoms with Crippen LogP contribution in [0.2, 0.25) is 0 Å². The Bertz CT molecular complexity index is 614. The minimum Gasteiger partial charge on any atom is -0.465 e. The second-order valence-corrected chi connectivity index (χ2v) is 9.33. The van der Waals surface area contributed by atoms with Crippen molar-refractivity contribution in [2.45, 2.75) is 61.3 Å². The van der Waals surface area contributed by atoms with Crippen molar-refractivity contribution in [3.8, 4) is 0 Å². The molecular formula is C20H35N3O3S. The smallest absolute Gasteiger partial charge is 0.413 e. The molecule has 2 amide bonds. The van der Waals surface area contributed by atoms with E-state index in [1.807, 2.05) is 18.7 Å². The summed E-state index contributed by atoms with van der Waals surface area (Å²) < 4.78 is 0. The third-order valence-electron chi connectivity index (χ3n) is 4.23. The zero-order chi connectivity index (χ0) is 20.7. The standard InChI is InChI=1S/C20H35N3O3S/c1-13(2)8-10-22(11-9-14(3)4)18(24)17-16(7)21-19(27-17)23(20(25)26)12-15(5)6/h13-15H,8-12H2,1-7H3,(H,25,26). The zero-order valence-electron chi connectivity index (χ0n) is 17.8. The van der Waals surface area contributed by atoms with E-state index in [9.17, 15) is 14.7 Å². The largest absolute Gasteiger partial charge is 0.465 e. The van der Waals surface area contributed by atoms with Crippen molar-refractivity contribution >= 4 is 28.5 Å². The normalized spacial score (nSPS) is 11.5. The van der Waals surface area contributed by atoms with E-state index in [1.165, 1.54) is 16.2 Å². The number of aryl methyl sites for hydroxylation is 1. The molecule has 1 rings (SSSR count). The van der Waals surface area contributed by atoms with Gasteiger partial charge in [0.05, 0.1) is 5.69 Å². The molecule has 6 nitrogen and oxygen atoms in total. The lowest BCUT2D eigenvalue weighted by Gasteiger charge is -2.24. The van der Waals surface area contributed by atoms with Crippen molar-refractivity contribution in [1.82, 2.24) is 9.88 Å². The third-order valence-corrected chi connectivity index (χ3v) is 5.40. The number of amides is 2. The van der Waals surface area contributed by atoms with Crippen molar-refractivity contribution in [1.29, 1.82) is 0 Å². The molecule has 0 aliphatic rings. The van der Waals surface area contributed by atoms with Crippen LogP contribution in [0.3, 0.4) is 0 Å². The fourth-order valence-corrected chi connectivity index (χ4v) is 3.62. The Morgan fingerprint density at radius 2 is 1.52 bits per heavy atom. The maximum atomic E-state index is 13.1. The van der Waals surface area contributed by atoms with E-state index < -0.39 is 6.09 Å². The zero-order valence-corrected chi connectivity index (χ0v) is 18.6. The topological polar surface area (TPSA) is 73.7 Å². The molecule has 0 aliphatic heterocycles. The summed E-state index contributed by atoms with van der Waals surface area (Å²) in [5, 5.41) is 9.89. The van der Waals surface area contributed by atoms with Crippen molar-refractivity contribution in [2.75, 3.05) is 24.5 Å². The molecule has 1 N–H and O–H groups in total. The van der Waals surface area contributed by atoms with Crippen LogP contribution in [-0.2, 0) is 0 Å². The molecule has 0 unspecified atom stereocenters. The minimum absolute atomic E-state index is 0.0348. The second kappa shape index (κ2) is 10.6. The Hall–Kier alpha value is -1.63. The average Bonchev–Trinajstić information content (AvgIpc) is 2.92. The lowest BCUT2D eigenvalue weighted by molar-refractivity contribution is 0.0744. The molecule has 7 heteroatoms. The third kappa shape index (κ3) is 7.48. The molecular weight excluding hydrogens is 362 g/mol. The van der Waals surface area contributed by atoms with Crippen LogP contribution < -0.4 is 4.90 Å². The lowest BCUT2D eigenvalue weighted by Crippen LogP contribution is -2.34. The Kier molecular flexibility index (Phi) is 9.22. The first-order valence-corrected chi connectivity index (χ1v) is 10.6. The van der Waals surface area contributed by atoms with Gasteiger partial charge in [-0.05, 0) is 37.5 Å². The first-order chi connectivity index (χ1) is 12.5. The molecule has 0 saturated carbocycles. The molecule has 27 heavy (non-hydrogen) atoms. The number of thiazole rings is 1. The van der Waals surface area contributed by atoms with Crippen LogP contribution in [0.25, 0.3) is 0 Å². The van der Waals surface area contributed by atoms with Crippen LogP contribution in [0.5, 0.6) is 0 Å². The Morgan fingerprint density at radius 3 is 1.93 bits per heavy atom. The van der Waals surface area contributed by atoms with Crippen molar-refractivity contribution in [3.05, 3.63) is 10.6 Å². The van der Waals surface area contributed by atoms with E-state index in [2.05, 4.69) is 32.7 Å². The average molecular weight is 398 g/mol. The Balaban J connectivity index is 3.07. The number of hydrogen-bond acceptors (Lipinski definition) is 4. The first kappa shape index (κ1) is 23.4. The number of anilines is 1. The van der Waals surface area contributed by atoms with Crippen molar-refractivity contribution in [3.63, 3.8) is 0 Å². The minimum atomic E-state index is -1.03. The van der Waals surface area contributed by atoms with Crippen LogP contribution in [-0.4, -0.2) is 46.6 Å². The van der Waals surface area contributed by atoms with Gasteiger partial charge < -0.3 is 10.0 Å². The maximum Gasteiger partial charge on any atom is 0.413 e. The summed E-state index contributed by atoms with van der Waals surface area (Å²) >= 11 is 1.19. The number of carboxylic acid groups (broad SMARTS) is 1. The molecule has 1 heterocycles. The number of hydrogen-bond donors (Lipinski definition) is 1. The van der Waals surface area contributed by atoms with Gasteiger partial charge in [-0.15, -0.1) is 0 Å². The summed E-state index contributed by atoms with van der Waals surface area (Å²) in [6.07, 6.45) is 0.861. The van der Waals surface area contributed by atoms with E-state index in [-0.39, 0.29) is 11.8 Å². The van der Waals surface area contributed by atoms with E-state index >= 15 is 0 Å². The summed E-state index contributed by atoms with van der Waals surface area (Å²) in [5.74, 6) is 1.18. The predicted octanol–water partition coefficient (Wildman–Crippen LogP) is 5.13. The molecule has 0 aliphatic carbocycles. The van der Waals surface area contributed by atoms with E-state index in [0.717, 1.165) is 12.8 Å². The SMILES string of the molecule is Cc1nc(N(CC(C)C)C(=O)O)sc1C(=O)N(CCC(C)C)CCC(C)C. The number of aromatic nitrogens is 1. The molecule has 0 bridgehead atoms. The highest BCUT2D eigenvalue weighted by molar-refractivity contribution is 7.17. The van der Waals surface area contributed by atoms with Gasteiger partial charge in [0.2, 0.25) is 0 Å². The fourth-order valence-electron chi connectivity index (χ4n) is 2.59. The van der Waals surface area contributed by atoms with Gasteiger partial charge >= 0.3 is 6.09 Å². The van der Waals surface area contributed by atoms with Crippen LogP contribution >= 0.6 is 11.3 Å². The van der Waals surface area contributed by atoms with Crippen molar-refractivity contribution < 1.29 is 14.7 Å². The van der Waals surface area contributed by atoms with Crippen molar-refractivity contribution in [2.24, 2.45) is 17.8 Å². The first-order valence-electron chi connectivity index (χ1n) is 9.80. The predicted molar refractivity (Wildman–Crippen MR) is 112 cm³/mol. The summed E-state index contributed by atoms with van der Waals surface area (Å²) in [6.45, 7) is 16.1. The van der Waals surface area contributed by atoms with Gasteiger partial charge in [0, 0.05) is 19.6 Å². The molecule has 0 aromatic carbocycles. The molecule has 1 aromatic heterocycles. The van der Waals surface area contributed by atoms with Crippen LogP contribution in [0.1, 0.15) is 69.7 Å². The number of nitrogens with zero attached hydrogens (tertiary/aromatic N) is 3. The van der Waals surface area contributed by atoms with Gasteiger partial charge in [0.1, 0.15) is 4.88 Å². The molecule has 0 radical (unpaired) electrons. The van der Waals surface area contributed by atoms with Gasteiger partial charge in [-0.1, -0.05) is 52.9 Å². The number of carbonyl (C=O) groups excluding carboxylic acids is 1. The summed E-state index contributed by atoms with van der Waals surface area (Å²) in [6, 6.07) is 0. The highest BCUT2D eigenvalue weighted by atomic mass is 32.1. The van der Waals surface area contributed by atoms with Crippen LogP contribution in [0.15, 0.2) is 0 Å². The van der Waals surface area contributed by atoms with Crippen LogP contribution in [0, 0.1) is 24.7 Å². The summed E-state index contributed by atoms with van der Waals surface area (Å²) in [4.78, 5) is 32.8. The van der Waals surface area contributed by atoms with Gasteiger partial charge in [0.15, 0.2) is 5.13 Å². The highest BCUT2D eigenvalue weighted by Crippen LogP contribution is 2.28. The van der Waals surface area contributed by atoms with Gasteiger partial charge in [-0.2, -0.15) is 0 Å². The van der Waals surface area contributed by atoms with E-state index in [0.29, 0.717) is 47.2 Å². The highest BCUT2D eigenvalue weighted by Gasteiger charge is 2.26. The van der Waals surface area contributed by atoms with Gasteiger partial charge in [0.25, 0.3) is 5.91 Å². The molecule has 0 fully saturated rings. The van der Waals surface area contributed by atoms with Gasteiger partial charge in [-0.3, -0.25) is 9.69 Å². The monoisotopic (exact) mass is 397 g/mol. The van der Waals surface area contributed by atoms with E-state index in [4.69, 9.17) is 0 Å². The van der Waals surface area contributed by atoms with E-state index in [1.54, 1.807) is 6.92 Å². The molecule has 154 valence electrons. The molecule has 1 aromatic rings. The molecule has 0 saturated heterocycles. The quantitative estimate of drug-likeness (QED) is 0.594. The Labute approximate surface area is 167 Å².